The highest BCUT2D eigenvalue weighted by molar-refractivity contribution is 7.89. The zero-order valence-corrected chi connectivity index (χ0v) is 42.7. The number of hydrogen-bond donors (Lipinski definition) is 1. The highest BCUT2D eigenvalue weighted by atomic mass is 32.2. The molecule has 1 N–H and O–H groups in total. The van der Waals surface area contributed by atoms with Gasteiger partial charge in [0.2, 0.25) is 16.3 Å². The van der Waals surface area contributed by atoms with Gasteiger partial charge >= 0.3 is 0 Å². The molecule has 0 spiro atoms. The molecule has 384 valence electrons. The van der Waals surface area contributed by atoms with Crippen molar-refractivity contribution in [2.75, 3.05) is 81.5 Å². The minimum Gasteiger partial charge on any atom is -0.497 e. The SMILES string of the molecule is CCC1CN2CCc3cc(OC)c(OC)cc3C2CC1CC1c2cc(OC)c(OC)cc2CCN1C(=O)C1=CC(c2coc3ccccc3c2=O)CC(OCCN(CCO)S(=O)(=O)c2ccc(OC)cc2)O1. The standard InChI is InChI=1S/C55H65N3O13S/c1-7-34-32-56-18-16-35-26-48(65-3)50(67-5)30-42(35)45(56)24-37(34)25-46-43-31-51(68-6)49(66-4)27-36(43)17-19-58(46)55(61)52-28-38(44-33-70-47-11-9-8-10-41(47)54(44)60)29-53(71-52)69-23-21-57(20-22-59)72(62,63)40-14-12-39(64-2)13-15-40/h8-15,26-28,30-31,33-34,37-38,45-46,53,59H,7,16-25,29,32H2,1-6H3. The molecule has 1 fully saturated rings. The molecule has 9 rings (SSSR count). The smallest absolute Gasteiger partial charge is 0.289 e. The monoisotopic (exact) mass is 1010 g/mol. The number of nitrogens with zero attached hydrogens (tertiary/aromatic N) is 3. The molecule has 0 radical (unpaired) electrons. The van der Waals surface area contributed by atoms with Crippen LogP contribution in [0.25, 0.3) is 11.0 Å². The van der Waals surface area contributed by atoms with Crippen LogP contribution >= 0.6 is 0 Å². The lowest BCUT2D eigenvalue weighted by molar-refractivity contribution is -0.155. The number of hydrogen-bond acceptors (Lipinski definition) is 14. The molecule has 0 bridgehead atoms. The molecule has 5 aromatic rings. The first kappa shape index (κ1) is 50.8. The summed E-state index contributed by atoms with van der Waals surface area (Å²) >= 11 is 0. The Balaban J connectivity index is 1.05. The minimum atomic E-state index is -4.06. The Morgan fingerprint density at radius 1 is 0.792 bits per heavy atom. The fraction of sp³-hybridized carbons (Fsp3) is 0.455. The number of methoxy groups -OCH3 is 5. The normalized spacial score (nSPS) is 22.0. The van der Waals surface area contributed by atoms with E-state index in [1.165, 1.54) is 36.6 Å². The molecule has 1 saturated heterocycles. The zero-order chi connectivity index (χ0) is 50.7. The molecule has 6 unspecified atom stereocenters. The molecular formula is C55H65N3O13S. The number of para-hydroxylation sites is 1. The highest BCUT2D eigenvalue weighted by Crippen LogP contribution is 2.50. The number of aliphatic hydroxyl groups excluding tert-OH is 1. The molecule has 0 saturated carbocycles. The summed E-state index contributed by atoms with van der Waals surface area (Å²) in [6.45, 7) is 3.58. The van der Waals surface area contributed by atoms with Crippen molar-refractivity contribution in [1.29, 1.82) is 0 Å². The first-order valence-corrected chi connectivity index (χ1v) is 26.2. The Hall–Kier alpha value is -6.11. The summed E-state index contributed by atoms with van der Waals surface area (Å²) in [5.41, 5.74) is 5.06. The maximum absolute atomic E-state index is 15.5. The summed E-state index contributed by atoms with van der Waals surface area (Å²) in [4.78, 5) is 34.3. The van der Waals surface area contributed by atoms with E-state index < -0.39 is 34.9 Å². The number of fused-ring (bicyclic) bond motifs is 5. The lowest BCUT2D eigenvalue weighted by Gasteiger charge is -2.49. The number of ether oxygens (including phenoxy) is 7. The van der Waals surface area contributed by atoms with Crippen LogP contribution in [0.15, 0.2) is 105 Å². The third-order valence-corrected chi connectivity index (χ3v) is 17.1. The Labute approximate surface area is 421 Å². The van der Waals surface area contributed by atoms with Gasteiger partial charge < -0.3 is 47.6 Å². The summed E-state index contributed by atoms with van der Waals surface area (Å²) in [7, 11) is 4.00. The number of sulfonamides is 1. The van der Waals surface area contributed by atoms with E-state index in [4.69, 9.17) is 37.6 Å². The Kier molecular flexibility index (Phi) is 15.5. The molecule has 4 aromatic carbocycles. The van der Waals surface area contributed by atoms with Gasteiger partial charge in [0.15, 0.2) is 34.2 Å². The summed E-state index contributed by atoms with van der Waals surface area (Å²) in [6, 6.07) is 21.0. The average molecular weight is 1010 g/mol. The first-order chi connectivity index (χ1) is 34.9. The third-order valence-electron chi connectivity index (χ3n) is 15.2. The first-order valence-electron chi connectivity index (χ1n) is 24.7. The van der Waals surface area contributed by atoms with Gasteiger partial charge in [0.25, 0.3) is 5.91 Å². The van der Waals surface area contributed by atoms with Crippen molar-refractivity contribution in [3.63, 3.8) is 0 Å². The van der Waals surface area contributed by atoms with E-state index in [0.717, 1.165) is 53.5 Å². The van der Waals surface area contributed by atoms with E-state index in [9.17, 15) is 18.3 Å². The molecule has 17 heteroatoms. The van der Waals surface area contributed by atoms with Crippen molar-refractivity contribution < 1.29 is 55.9 Å². The van der Waals surface area contributed by atoms with Crippen molar-refractivity contribution in [1.82, 2.24) is 14.1 Å². The fourth-order valence-corrected chi connectivity index (χ4v) is 12.7. The predicted molar refractivity (Wildman–Crippen MR) is 269 cm³/mol. The van der Waals surface area contributed by atoms with Crippen LogP contribution in [0.5, 0.6) is 28.7 Å². The molecule has 1 aromatic heterocycles. The van der Waals surface area contributed by atoms with E-state index in [-0.39, 0.29) is 60.1 Å². The van der Waals surface area contributed by atoms with Gasteiger partial charge in [-0.2, -0.15) is 4.31 Å². The van der Waals surface area contributed by atoms with Gasteiger partial charge in [0, 0.05) is 56.7 Å². The number of aliphatic hydroxyl groups is 1. The molecule has 6 atom stereocenters. The van der Waals surface area contributed by atoms with Crippen LogP contribution in [0, 0.1) is 11.8 Å². The molecule has 5 heterocycles. The van der Waals surface area contributed by atoms with Crippen LogP contribution in [0.1, 0.15) is 78.4 Å². The lowest BCUT2D eigenvalue weighted by atomic mass is 9.72. The van der Waals surface area contributed by atoms with E-state index in [2.05, 4.69) is 24.0 Å². The van der Waals surface area contributed by atoms with Gasteiger partial charge in [-0.3, -0.25) is 14.5 Å². The molecular weight excluding hydrogens is 943 g/mol. The second-order valence-corrected chi connectivity index (χ2v) is 20.8. The van der Waals surface area contributed by atoms with Crippen molar-refractivity contribution >= 4 is 26.9 Å². The maximum Gasteiger partial charge on any atom is 0.289 e. The van der Waals surface area contributed by atoms with Crippen LogP contribution in [0.4, 0.5) is 0 Å². The highest BCUT2D eigenvalue weighted by Gasteiger charge is 2.44. The minimum absolute atomic E-state index is 0.0138. The molecule has 4 aliphatic rings. The zero-order valence-electron chi connectivity index (χ0n) is 41.8. The van der Waals surface area contributed by atoms with Gasteiger partial charge in [0.1, 0.15) is 11.3 Å². The van der Waals surface area contributed by atoms with Gasteiger partial charge in [-0.05, 0) is 127 Å². The molecule has 16 nitrogen and oxygen atoms in total. The Morgan fingerprint density at radius 3 is 2.14 bits per heavy atom. The third kappa shape index (κ3) is 10.0. The Morgan fingerprint density at radius 2 is 1.46 bits per heavy atom. The topological polar surface area (TPSA) is 176 Å². The number of amides is 1. The number of allylic oxidation sites excluding steroid dienone is 1. The summed E-state index contributed by atoms with van der Waals surface area (Å²) < 4.78 is 76.0. The summed E-state index contributed by atoms with van der Waals surface area (Å²) in [5.74, 6) is 2.64. The second kappa shape index (κ2) is 21.9. The van der Waals surface area contributed by atoms with Crippen LogP contribution in [-0.4, -0.2) is 121 Å². The number of carbonyl (C=O) groups is 1. The van der Waals surface area contributed by atoms with E-state index >= 15 is 4.79 Å². The van der Waals surface area contributed by atoms with Gasteiger partial charge in [-0.25, -0.2) is 8.42 Å². The van der Waals surface area contributed by atoms with Gasteiger partial charge in [-0.1, -0.05) is 25.5 Å². The Bertz CT molecular complexity index is 2960. The van der Waals surface area contributed by atoms with Crippen LogP contribution in [-0.2, 0) is 37.1 Å². The van der Waals surface area contributed by atoms with Crippen LogP contribution in [0.2, 0.25) is 0 Å². The van der Waals surface area contributed by atoms with Gasteiger partial charge in [0.05, 0.1) is 71.3 Å². The van der Waals surface area contributed by atoms with Crippen LogP contribution < -0.4 is 29.1 Å². The van der Waals surface area contributed by atoms with Crippen molar-refractivity contribution in [3.05, 3.63) is 129 Å². The van der Waals surface area contributed by atoms with E-state index in [0.29, 0.717) is 64.8 Å². The summed E-state index contributed by atoms with van der Waals surface area (Å²) in [6.07, 6.45) is 6.15. The van der Waals surface area contributed by atoms with Gasteiger partial charge in [-0.15, -0.1) is 0 Å². The maximum atomic E-state index is 15.5. The number of carbonyl (C=O) groups excluding carboxylic acids is 1. The quantitative estimate of drug-likeness (QED) is 0.0919. The van der Waals surface area contributed by atoms with Crippen LogP contribution in [0.3, 0.4) is 0 Å². The second-order valence-electron chi connectivity index (χ2n) is 18.8. The molecule has 0 aliphatic carbocycles. The molecule has 4 aliphatic heterocycles. The molecule has 1 amide bonds. The van der Waals surface area contributed by atoms with E-state index in [1.54, 1.807) is 70.9 Å². The largest absolute Gasteiger partial charge is 0.497 e. The lowest BCUT2D eigenvalue weighted by Crippen LogP contribution is -2.48. The predicted octanol–water partition coefficient (Wildman–Crippen LogP) is 7.41. The average Bonchev–Trinajstić information content (AvgIpc) is 3.41. The fourth-order valence-electron chi connectivity index (χ4n) is 11.3. The molecule has 72 heavy (non-hydrogen) atoms. The van der Waals surface area contributed by atoms with Crippen molar-refractivity contribution in [2.24, 2.45) is 11.8 Å². The number of piperidine rings is 1. The van der Waals surface area contributed by atoms with Crippen molar-refractivity contribution in [2.45, 2.75) is 74.6 Å². The summed E-state index contributed by atoms with van der Waals surface area (Å²) in [5, 5.41) is 10.4. The van der Waals surface area contributed by atoms with Crippen molar-refractivity contribution in [3.8, 4) is 28.7 Å². The van der Waals surface area contributed by atoms with E-state index in [1.807, 2.05) is 17.0 Å². The number of rotatable bonds is 18. The number of benzene rings is 4.